The summed E-state index contributed by atoms with van der Waals surface area (Å²) >= 11 is 5.43. The van der Waals surface area contributed by atoms with Crippen LogP contribution in [0.25, 0.3) is 0 Å². The molecule has 0 saturated carbocycles. The van der Waals surface area contributed by atoms with Crippen molar-refractivity contribution in [2.24, 2.45) is 0 Å². The monoisotopic (exact) mass is 1460 g/mol. The van der Waals surface area contributed by atoms with E-state index in [1.807, 2.05) is 0 Å². The molecular weight excluding hydrogens is 1390 g/mol. The fourth-order valence-corrected chi connectivity index (χ4v) is 14.4. The molecule has 0 amide bonds. The maximum atomic E-state index is 13.5. The van der Waals surface area contributed by atoms with Crippen molar-refractivity contribution >= 4 is 24.3 Å². The van der Waals surface area contributed by atoms with Gasteiger partial charge in [0.2, 0.25) is 0 Å². The number of anilines is 1. The van der Waals surface area contributed by atoms with Crippen LogP contribution in [-0.2, 0) is 68.2 Å². The molecule has 101 heavy (non-hydrogen) atoms. The Bertz CT molecular complexity index is 4830. The molecule has 0 aromatic carbocycles. The van der Waals surface area contributed by atoms with Crippen LogP contribution in [0.2, 0.25) is 0 Å². The number of hydrogen-bond acceptors (Lipinski definition) is 29. The molecule has 40 nitrogen and oxygen atoms in total. The summed E-state index contributed by atoms with van der Waals surface area (Å²) in [5.74, 6) is -0.157. The van der Waals surface area contributed by atoms with Crippen molar-refractivity contribution in [3.8, 4) is 0 Å². The molecule has 0 bridgehead atoms. The number of aliphatic hydroxyl groups is 3. The van der Waals surface area contributed by atoms with Gasteiger partial charge >= 0.3 is 40.9 Å². The number of ether oxygens (including phenoxy) is 10. The Labute approximate surface area is 570 Å². The number of H-pyrrole nitrogens is 5. The van der Waals surface area contributed by atoms with E-state index in [0.717, 1.165) is 22.8 Å². The molecule has 20 atom stereocenters. The molecule has 6 aromatic heterocycles. The zero-order chi connectivity index (χ0) is 72.2. The van der Waals surface area contributed by atoms with Gasteiger partial charge in [0.05, 0.1) is 70.2 Å². The second kappa shape index (κ2) is 29.8. The van der Waals surface area contributed by atoms with Gasteiger partial charge < -0.3 is 82.4 Å². The Morgan fingerprint density at radius 2 is 0.832 bits per heavy atom. The molecule has 548 valence electrons. The second-order valence-electron chi connectivity index (χ2n) is 25.4. The zero-order valence-corrected chi connectivity index (χ0v) is 56.2. The van der Waals surface area contributed by atoms with E-state index in [9.17, 15) is 73.0 Å². The first-order valence-corrected chi connectivity index (χ1v) is 34.6. The standard InChI is InChI=1S/C59H74N13O27PS/c1-24-13-68(55(82)62-48(24)76)41-8-29(74)35(94-41)19-88-30-9-42(69-14-25(2)49(77)63-56(69)83)95-36(30)20-89-31-10-43(70-15-26(3)50(78)64-57(70)84)96-37(31)21-90-32-11-44(71-16-27(4)51(79)65-58(71)85)97-38(32)22-91-47-39(98-53(46(47)75)67-7-6-40(60)61-54(67)81)23-92-100(87,101)99-33-12-45(93-34(33)18-73)72-17-28(5)52(80)66-59(72)86/h6-7,13-17,29-39,41-47,53,73-75H,8-12,18-23H2,1-5H3,(H,87,101)(H2,60,61,81)(H,62,76,82)(H,63,77,83)(H,64,78,84)(H,65,79,85)(H,66,80,86)/t29-,30-,31-,32-,33-,34+,35+,36+,37+,38+,39+,41+,42+,43+,44+,45+,46+,47+,53+,100?/m0/s1. The van der Waals surface area contributed by atoms with E-state index in [-0.39, 0.29) is 85.6 Å². The van der Waals surface area contributed by atoms with Crippen molar-refractivity contribution in [2.75, 3.05) is 45.4 Å². The number of aliphatic hydroxyl groups excluding tert-OH is 3. The summed E-state index contributed by atoms with van der Waals surface area (Å²) in [5, 5.41) is 33.5. The topological polar surface area (TPSA) is 527 Å². The molecule has 6 aromatic rings. The third-order valence-electron chi connectivity index (χ3n) is 18.4. The fraction of sp³-hybridized carbons (Fsp3) is 0.593. The van der Waals surface area contributed by atoms with Crippen LogP contribution in [0, 0.1) is 34.6 Å². The van der Waals surface area contributed by atoms with E-state index in [1.165, 1.54) is 82.4 Å². The summed E-state index contributed by atoms with van der Waals surface area (Å²) < 4.78 is 82.1. The van der Waals surface area contributed by atoms with E-state index in [1.54, 1.807) is 0 Å². The van der Waals surface area contributed by atoms with Crippen molar-refractivity contribution in [1.82, 2.24) is 57.3 Å². The van der Waals surface area contributed by atoms with Gasteiger partial charge in [0.1, 0.15) is 85.8 Å². The van der Waals surface area contributed by atoms with Crippen LogP contribution in [0.5, 0.6) is 0 Å². The summed E-state index contributed by atoms with van der Waals surface area (Å²) in [6, 6.07) is 1.27. The minimum absolute atomic E-state index is 0.0206. The van der Waals surface area contributed by atoms with Crippen LogP contribution in [-0.4, -0.2) is 197 Å². The van der Waals surface area contributed by atoms with E-state index >= 15 is 0 Å². The highest BCUT2D eigenvalue weighted by Gasteiger charge is 2.50. The molecule has 12 rings (SSSR count). The number of aromatic nitrogens is 12. The number of nitrogens with one attached hydrogen (secondary N) is 5. The van der Waals surface area contributed by atoms with Crippen LogP contribution in [0.1, 0.15) is 97.3 Å². The molecule has 6 aliphatic heterocycles. The molecule has 1 unspecified atom stereocenters. The van der Waals surface area contributed by atoms with Gasteiger partial charge in [-0.15, -0.1) is 0 Å². The zero-order valence-electron chi connectivity index (χ0n) is 54.5. The molecule has 0 spiro atoms. The van der Waals surface area contributed by atoms with Crippen molar-refractivity contribution in [3.63, 3.8) is 0 Å². The minimum Gasteiger partial charge on any atom is -0.394 e. The smallest absolute Gasteiger partial charge is 0.351 e. The lowest BCUT2D eigenvalue weighted by Gasteiger charge is -2.27. The number of aryl methyl sites for hydroxylation is 5. The third kappa shape index (κ3) is 15.7. The molecule has 42 heteroatoms. The molecule has 0 aliphatic carbocycles. The van der Waals surface area contributed by atoms with Gasteiger partial charge in [-0.1, -0.05) is 0 Å². The SMILES string of the molecule is Cc1cn([C@H]2C[C@H](OC[C@H]3O[C@@H](n4cc(C)c(=O)[nH]c4=O)C[C@@H]3OC[C@H]3O[C@@H](n4cc(C)c(=O)[nH]c4=O)C[C@@H]3OC[C@H]3O[C@@H](n4cc(C)c(=O)[nH]c4=O)C[C@@H]3O)[C@@H](CO[C@H]3[C@@H](O)[C@H](n4ccc(N)nc4=O)O[C@@H]3COP(O)(=S)O[C@H]3C[C@H](n4cc(C)c(=O)[nH]c4=O)O[C@@H]3CO)O2)c(=O)[nH]c1=O. The van der Waals surface area contributed by atoms with Gasteiger partial charge in [0, 0.05) is 97.1 Å². The van der Waals surface area contributed by atoms with E-state index in [2.05, 4.69) is 29.9 Å². The number of hydrogen-bond donors (Lipinski definition) is 10. The number of aromatic amines is 5. The van der Waals surface area contributed by atoms with Crippen LogP contribution in [0.15, 0.2) is 96.0 Å². The number of nitrogens with zero attached hydrogens (tertiary/aromatic N) is 7. The number of nitrogen functional groups attached to an aromatic ring is 1. The predicted molar refractivity (Wildman–Crippen MR) is 345 cm³/mol. The highest BCUT2D eigenvalue weighted by atomic mass is 32.5. The van der Waals surface area contributed by atoms with Gasteiger partial charge in [-0.3, -0.25) is 76.3 Å². The first kappa shape index (κ1) is 72.9. The fourth-order valence-electron chi connectivity index (χ4n) is 12.9. The number of nitrogens with two attached hydrogens (primary N) is 1. The highest BCUT2D eigenvalue weighted by molar-refractivity contribution is 8.07. The Hall–Kier alpha value is -7.91. The quantitative estimate of drug-likeness (QED) is 0.0255. The Kier molecular flexibility index (Phi) is 21.5. The molecule has 6 fully saturated rings. The van der Waals surface area contributed by atoms with Crippen LogP contribution in [0.3, 0.4) is 0 Å². The van der Waals surface area contributed by atoms with Crippen LogP contribution >= 0.6 is 6.72 Å². The summed E-state index contributed by atoms with van der Waals surface area (Å²) in [6.07, 6.45) is -15.3. The van der Waals surface area contributed by atoms with Gasteiger partial charge in [0.15, 0.2) is 6.23 Å². The van der Waals surface area contributed by atoms with Gasteiger partial charge in [-0.2, -0.15) is 4.98 Å². The van der Waals surface area contributed by atoms with E-state index in [0.29, 0.717) is 0 Å². The van der Waals surface area contributed by atoms with E-state index < -0.39 is 205 Å². The van der Waals surface area contributed by atoms with Crippen molar-refractivity contribution in [3.05, 3.63) is 186 Å². The van der Waals surface area contributed by atoms with Crippen molar-refractivity contribution < 1.29 is 76.6 Å². The molecular formula is C59H74N13O27PS. The Morgan fingerprint density at radius 3 is 1.22 bits per heavy atom. The Balaban J connectivity index is 0.790. The molecule has 0 radical (unpaired) electrons. The minimum atomic E-state index is -4.41. The molecule has 6 aliphatic rings. The molecule has 11 N–H and O–H groups in total. The maximum absolute atomic E-state index is 13.5. The lowest BCUT2D eigenvalue weighted by atomic mass is 10.1. The van der Waals surface area contributed by atoms with E-state index in [4.69, 9.17) is 74.0 Å². The summed E-state index contributed by atoms with van der Waals surface area (Å²) in [5.41, 5.74) is -1.50. The summed E-state index contributed by atoms with van der Waals surface area (Å²) in [7, 11) is 0. The lowest BCUT2D eigenvalue weighted by molar-refractivity contribution is -0.141. The summed E-state index contributed by atoms with van der Waals surface area (Å²) in [4.78, 5) is 168. The van der Waals surface area contributed by atoms with Gasteiger partial charge in [-0.25, -0.2) is 28.8 Å². The first-order chi connectivity index (χ1) is 48.0. The number of rotatable bonds is 24. The van der Waals surface area contributed by atoms with Crippen molar-refractivity contribution in [2.45, 2.75) is 183 Å². The Morgan fingerprint density at radius 1 is 0.485 bits per heavy atom. The lowest BCUT2D eigenvalue weighted by Crippen LogP contribution is -2.42. The second-order valence-corrected chi connectivity index (χ2v) is 28.2. The average Bonchev–Trinajstić information content (AvgIpc) is 1.66. The van der Waals surface area contributed by atoms with Crippen LogP contribution in [0.4, 0.5) is 5.82 Å². The summed E-state index contributed by atoms with van der Waals surface area (Å²) in [6.45, 7) is 0.138. The van der Waals surface area contributed by atoms with Gasteiger partial charge in [-0.05, 0) is 52.5 Å². The predicted octanol–water partition coefficient (Wildman–Crippen LogP) is -4.67. The third-order valence-corrected chi connectivity index (χ3v) is 20.0. The van der Waals surface area contributed by atoms with Crippen LogP contribution < -0.4 is 67.7 Å². The molecule has 12 heterocycles. The largest absolute Gasteiger partial charge is 0.394 e. The molecule has 6 saturated heterocycles. The maximum Gasteiger partial charge on any atom is 0.351 e. The highest BCUT2D eigenvalue weighted by Crippen LogP contribution is 2.50. The average molecular weight is 1460 g/mol. The first-order valence-electron chi connectivity index (χ1n) is 32.0. The normalized spacial score (nSPS) is 31.0. The van der Waals surface area contributed by atoms with Gasteiger partial charge in [0.25, 0.3) is 27.8 Å². The van der Waals surface area contributed by atoms with Crippen molar-refractivity contribution in [1.29, 1.82) is 0 Å².